The average Bonchev–Trinajstić information content (AvgIpc) is 3.96. The van der Waals surface area contributed by atoms with Crippen LogP contribution in [0.3, 0.4) is 0 Å². The number of ether oxygens (including phenoxy) is 2. The van der Waals surface area contributed by atoms with Gasteiger partial charge in [0.05, 0.1) is 20.8 Å². The van der Waals surface area contributed by atoms with Crippen molar-refractivity contribution in [1.29, 1.82) is 0 Å². The number of nitrogens with two attached hydrogens (primary N) is 2. The third kappa shape index (κ3) is 15.8. The third-order valence-corrected chi connectivity index (χ3v) is 11.6. The van der Waals surface area contributed by atoms with Crippen LogP contribution in [0.2, 0.25) is 15.1 Å². The summed E-state index contributed by atoms with van der Waals surface area (Å²) in [6, 6.07) is 13.1. The van der Waals surface area contributed by atoms with Gasteiger partial charge in [0, 0.05) is 17.4 Å². The number of benzene rings is 2. The van der Waals surface area contributed by atoms with Gasteiger partial charge in [-0.2, -0.15) is 0 Å². The number of anilines is 2. The van der Waals surface area contributed by atoms with Gasteiger partial charge in [-0.3, -0.25) is 0 Å². The van der Waals surface area contributed by atoms with E-state index in [1.807, 2.05) is 6.92 Å². The predicted molar refractivity (Wildman–Crippen MR) is 311 cm³/mol. The van der Waals surface area contributed by atoms with E-state index in [2.05, 4.69) is 140 Å². The van der Waals surface area contributed by atoms with Crippen LogP contribution in [0.15, 0.2) is 73.6 Å². The van der Waals surface area contributed by atoms with Crippen molar-refractivity contribution in [3.63, 3.8) is 0 Å². The Morgan fingerprint density at radius 3 is 1.35 bits per heavy atom. The van der Waals surface area contributed by atoms with Crippen LogP contribution in [0.1, 0.15) is 55.2 Å². The van der Waals surface area contributed by atoms with E-state index in [1.165, 1.54) is 32.6 Å². The summed E-state index contributed by atoms with van der Waals surface area (Å²) >= 11 is 32.9. The SMILES string of the molecule is C[C@@]1(O)[C@@H]([C@H](O)c2ccc(Cl)c(Cl)c2)O[C@@H](n2ccc3c(N)ncnc32)[C@@H]1O.Cc1ccc([C@@H](O)[C@H]2O[C@@H](n3ccc4c(N)ncnc43)[C@H](O)[C@]2(C)O)cc1Cl.Cl.N.O.O.[I][V]([I])[I].[I][V]([I])[I]. The molecular formula is C37H47Cl4I6N9O10V2. The molecule has 4 aromatic heterocycles. The fraction of sp³-hybridized carbons (Fsp3) is 0.351. The molecule has 8 rings (SSSR count). The van der Waals surface area contributed by atoms with Gasteiger partial charge in [0.25, 0.3) is 0 Å². The number of nitrogen functional groups attached to an aromatic ring is 2. The molecule has 380 valence electrons. The molecule has 0 unspecified atom stereocenters. The molecule has 6 heterocycles. The minimum absolute atomic E-state index is 0. The summed E-state index contributed by atoms with van der Waals surface area (Å²) in [4.78, 5) is 15.7. The zero-order valence-electron chi connectivity index (χ0n) is 35.3. The van der Waals surface area contributed by atoms with E-state index in [-0.39, 0.29) is 50.2 Å². The first-order valence-corrected chi connectivity index (χ1v) is 46.4. The molecule has 19 nitrogen and oxygen atoms in total. The van der Waals surface area contributed by atoms with Crippen molar-refractivity contribution in [2.75, 3.05) is 11.5 Å². The molecule has 0 bridgehead atoms. The van der Waals surface area contributed by atoms with Crippen molar-refractivity contribution < 1.29 is 60.9 Å². The first kappa shape index (κ1) is 67.6. The standard InChI is InChI=1S/C19H21ClN4O4.C18H18Cl2N4O4.ClH.6HI.H3N.2H2O.2V/c1-9-3-4-10(7-12(9)20)13(25)15-19(2,27)14(26)18(28-15)24-6-5-11-16(21)22-8-23-17(11)24;1-18(27)13(26)17(24-5-4-9-15(21)22-7-23-16(9)24)28-14(18)12(25)8-2-3-10(19)11(20)6-8;;;;;;;;;;;;/h3-8,13-15,18,25-27H,1-2H3,(H2,21,22,23);2-7,12-14,17,25-27H,1H3,(H2,21,22,23);7*1H;1H3;2*1H2;;/q;;;;;;;;;;;;2*+3/p-6/t13-,14+,15-,18-,19+;12-,13+,14-,17-,18+;;;;;;;;;;;;/m11............/s1. The Morgan fingerprint density at radius 2 is 1.00 bits per heavy atom. The Balaban J connectivity index is 0.000000559. The molecule has 0 spiro atoms. The van der Waals surface area contributed by atoms with E-state index in [9.17, 15) is 30.6 Å². The van der Waals surface area contributed by atoms with E-state index in [0.717, 1.165) is 5.56 Å². The van der Waals surface area contributed by atoms with Gasteiger partial charge < -0.3 is 77.8 Å². The maximum absolute atomic E-state index is 10.9. The Bertz CT molecular complexity index is 2390. The van der Waals surface area contributed by atoms with E-state index in [1.54, 1.807) is 64.0 Å². The van der Waals surface area contributed by atoms with Crippen molar-refractivity contribution in [2.45, 2.75) is 81.1 Å². The van der Waals surface area contributed by atoms with Gasteiger partial charge in [-0.25, -0.2) is 19.9 Å². The quantitative estimate of drug-likeness (QED) is 0.0713. The van der Waals surface area contributed by atoms with E-state index in [0.29, 0.717) is 49.1 Å². The van der Waals surface area contributed by atoms with Crippen LogP contribution in [0, 0.1) is 6.92 Å². The van der Waals surface area contributed by atoms with Gasteiger partial charge in [-0.15, -0.1) is 12.4 Å². The number of rotatable bonds is 6. The van der Waals surface area contributed by atoms with Crippen molar-refractivity contribution >= 4 is 201 Å². The number of hydrogen-bond donors (Lipinski definition) is 9. The zero-order valence-corrected chi connectivity index (χ0v) is 54.1. The fourth-order valence-corrected chi connectivity index (χ4v) is 7.59. The number of fused-ring (bicyclic) bond motifs is 2. The maximum atomic E-state index is 10.9. The first-order chi connectivity index (χ1) is 29.9. The second-order valence-corrected chi connectivity index (χ2v) is 86.6. The second-order valence-electron chi connectivity index (χ2n) is 14.6. The van der Waals surface area contributed by atoms with Crippen molar-refractivity contribution in [3.05, 3.63) is 105 Å². The molecule has 2 saturated heterocycles. The fourth-order valence-electron chi connectivity index (χ4n) is 7.09. The van der Waals surface area contributed by atoms with Gasteiger partial charge in [-0.1, -0.05) is 53.0 Å². The summed E-state index contributed by atoms with van der Waals surface area (Å²) in [5, 5.41) is 67.3. The zero-order chi connectivity index (χ0) is 47.6. The van der Waals surface area contributed by atoms with Gasteiger partial charge in [0.15, 0.2) is 12.5 Å². The van der Waals surface area contributed by atoms with Crippen molar-refractivity contribution in [2.24, 2.45) is 0 Å². The molecule has 0 amide bonds. The summed E-state index contributed by atoms with van der Waals surface area (Å²) < 4.78 is 15.0. The molecule has 2 fully saturated rings. The number of hydrogen-bond acceptors (Lipinski definition) is 15. The van der Waals surface area contributed by atoms with Gasteiger partial charge in [0.1, 0.15) is 83.4 Å². The van der Waals surface area contributed by atoms with Crippen LogP contribution in [0.4, 0.5) is 11.6 Å². The van der Waals surface area contributed by atoms with Gasteiger partial charge >= 0.3 is 130 Å². The number of nitrogens with zero attached hydrogens (tertiary/aromatic N) is 6. The van der Waals surface area contributed by atoms with Gasteiger partial charge in [-0.05, 0) is 67.8 Å². The van der Waals surface area contributed by atoms with Gasteiger partial charge in [0.2, 0.25) is 0 Å². The third-order valence-electron chi connectivity index (χ3n) is 10.5. The van der Waals surface area contributed by atoms with Crippen LogP contribution < -0.4 is 17.6 Å². The average molecular weight is 1780 g/mol. The van der Waals surface area contributed by atoms with Crippen LogP contribution in [-0.2, 0) is 19.3 Å². The monoisotopic (exact) mass is 1780 g/mol. The Hall–Kier alpha value is 1.55. The molecule has 2 aliphatic rings. The van der Waals surface area contributed by atoms with E-state index >= 15 is 0 Å². The molecule has 31 heteroatoms. The normalized spacial score (nSPS) is 24.7. The van der Waals surface area contributed by atoms with Crippen LogP contribution in [0.25, 0.3) is 22.1 Å². The molecule has 2 aromatic carbocycles. The second kappa shape index (κ2) is 29.2. The number of aliphatic hydroxyl groups excluding tert-OH is 4. The van der Waals surface area contributed by atoms with Crippen LogP contribution in [-0.4, -0.2) is 106 Å². The summed E-state index contributed by atoms with van der Waals surface area (Å²) in [5.74, 6) is 0.587. The molecule has 0 saturated carbocycles. The Labute approximate surface area is 487 Å². The summed E-state index contributed by atoms with van der Waals surface area (Å²) in [6.45, 7) is 4.68. The van der Waals surface area contributed by atoms with E-state index in [4.69, 9.17) is 55.7 Å². The molecule has 0 aliphatic carbocycles. The first-order valence-electron chi connectivity index (χ1n) is 18.3. The number of halogens is 10. The predicted octanol–water partition coefficient (Wildman–Crippen LogP) is 8.03. The minimum atomic E-state index is -1.76. The summed E-state index contributed by atoms with van der Waals surface area (Å²) in [7, 11) is 0. The topological polar surface area (TPSA) is 351 Å². The summed E-state index contributed by atoms with van der Waals surface area (Å²) in [5.41, 5.74) is 10.9. The van der Waals surface area contributed by atoms with Crippen molar-refractivity contribution in [1.82, 2.24) is 35.2 Å². The van der Waals surface area contributed by atoms with E-state index < -0.39 is 60.3 Å². The number of aliphatic hydroxyl groups is 6. The van der Waals surface area contributed by atoms with Crippen LogP contribution >= 0.6 is 167 Å². The Kier molecular flexibility index (Phi) is 29.0. The Morgan fingerprint density at radius 1 is 0.647 bits per heavy atom. The number of aryl methyl sites for hydroxylation is 1. The van der Waals surface area contributed by atoms with Crippen molar-refractivity contribution in [3.8, 4) is 0 Å². The molecule has 0 radical (unpaired) electrons. The molecule has 17 N–H and O–H groups in total. The molecule has 2 aliphatic heterocycles. The molecule has 10 atom stereocenters. The molecule has 6 aromatic rings. The van der Waals surface area contributed by atoms with Crippen LogP contribution in [0.5, 0.6) is 0 Å². The summed E-state index contributed by atoms with van der Waals surface area (Å²) in [6.07, 6.45) is -3.42. The molecular weight excluding hydrogens is 1740 g/mol. The number of aromatic nitrogens is 6. The molecule has 68 heavy (non-hydrogen) atoms.